The number of rotatable bonds is 3. The van der Waals surface area contributed by atoms with Crippen molar-refractivity contribution in [3.63, 3.8) is 0 Å². The minimum absolute atomic E-state index is 0.0704. The summed E-state index contributed by atoms with van der Waals surface area (Å²) in [5.41, 5.74) is 1.43. The van der Waals surface area contributed by atoms with Crippen molar-refractivity contribution >= 4 is 11.7 Å². The summed E-state index contributed by atoms with van der Waals surface area (Å²) in [6, 6.07) is 19.3. The lowest BCUT2D eigenvalue weighted by Gasteiger charge is -2.24. The van der Waals surface area contributed by atoms with Gasteiger partial charge in [-0.15, -0.1) is 0 Å². The van der Waals surface area contributed by atoms with Crippen molar-refractivity contribution in [1.29, 1.82) is 0 Å². The van der Waals surface area contributed by atoms with Gasteiger partial charge in [0, 0.05) is 11.0 Å². The third-order valence-corrected chi connectivity index (χ3v) is 3.94. The van der Waals surface area contributed by atoms with Crippen LogP contribution in [0.1, 0.15) is 37.9 Å². The van der Waals surface area contributed by atoms with Crippen LogP contribution in [0.3, 0.4) is 0 Å². The van der Waals surface area contributed by atoms with Gasteiger partial charge < -0.3 is 4.74 Å². The molecule has 0 aromatic heterocycles. The fourth-order valence-corrected chi connectivity index (χ4v) is 2.66. The molecular formula is C20H21NO2. The second kappa shape index (κ2) is 5.99. The van der Waals surface area contributed by atoms with Crippen LogP contribution < -0.4 is 0 Å². The van der Waals surface area contributed by atoms with Crippen molar-refractivity contribution in [2.75, 3.05) is 0 Å². The van der Waals surface area contributed by atoms with Crippen molar-refractivity contribution in [2.45, 2.75) is 32.9 Å². The summed E-state index contributed by atoms with van der Waals surface area (Å²) in [6.07, 6.45) is -0.576. The molecule has 0 saturated heterocycles. The third-order valence-electron chi connectivity index (χ3n) is 3.94. The molecule has 118 valence electrons. The zero-order valence-electron chi connectivity index (χ0n) is 13.7. The van der Waals surface area contributed by atoms with Gasteiger partial charge in [0.1, 0.15) is 6.04 Å². The summed E-state index contributed by atoms with van der Waals surface area (Å²) in [7, 11) is 0. The van der Waals surface area contributed by atoms with Crippen LogP contribution in [-0.4, -0.2) is 17.8 Å². The van der Waals surface area contributed by atoms with Crippen molar-refractivity contribution in [3.05, 3.63) is 71.8 Å². The second-order valence-corrected chi connectivity index (χ2v) is 6.81. The average Bonchev–Trinajstić information content (AvgIpc) is 3.00. The standard InChI is InChI=1S/C20H21NO2/c1-20(2,3)18(22)17-16(14-10-6-4-7-11-14)21-19(23-17)15-12-8-5-9-13-15/h4-13,16-17H,1-3H3. The van der Waals surface area contributed by atoms with E-state index in [0.717, 1.165) is 11.1 Å². The Morgan fingerprint density at radius 3 is 2.09 bits per heavy atom. The predicted octanol–water partition coefficient (Wildman–Crippen LogP) is 4.19. The van der Waals surface area contributed by atoms with E-state index in [0.29, 0.717) is 5.90 Å². The Morgan fingerprint density at radius 2 is 1.52 bits per heavy atom. The maximum absolute atomic E-state index is 12.8. The van der Waals surface area contributed by atoms with Gasteiger partial charge >= 0.3 is 0 Å². The molecule has 2 unspecified atom stereocenters. The minimum atomic E-state index is -0.576. The molecule has 0 saturated carbocycles. The first-order chi connectivity index (χ1) is 11.0. The lowest BCUT2D eigenvalue weighted by Crippen LogP contribution is -2.36. The summed E-state index contributed by atoms with van der Waals surface area (Å²) in [4.78, 5) is 17.5. The molecule has 3 heteroatoms. The molecule has 0 aliphatic carbocycles. The molecule has 1 aliphatic rings. The normalized spacial score (nSPS) is 20.7. The molecule has 0 spiro atoms. The smallest absolute Gasteiger partial charge is 0.217 e. The van der Waals surface area contributed by atoms with E-state index in [1.54, 1.807) is 0 Å². The van der Waals surface area contributed by atoms with Gasteiger partial charge in [0.2, 0.25) is 5.90 Å². The zero-order chi connectivity index (χ0) is 16.4. The van der Waals surface area contributed by atoms with E-state index >= 15 is 0 Å². The lowest BCUT2D eigenvalue weighted by atomic mass is 9.84. The summed E-state index contributed by atoms with van der Waals surface area (Å²) in [5.74, 6) is 0.614. The first-order valence-corrected chi connectivity index (χ1v) is 7.86. The van der Waals surface area contributed by atoms with Gasteiger partial charge in [0.15, 0.2) is 11.9 Å². The number of ether oxygens (including phenoxy) is 1. The van der Waals surface area contributed by atoms with E-state index in [4.69, 9.17) is 9.73 Å². The van der Waals surface area contributed by atoms with Gasteiger partial charge in [-0.1, -0.05) is 69.3 Å². The molecule has 0 radical (unpaired) electrons. The SMILES string of the molecule is CC(C)(C)C(=O)C1OC(c2ccccc2)=NC1c1ccccc1. The molecule has 2 atom stereocenters. The number of hydrogen-bond donors (Lipinski definition) is 0. The highest BCUT2D eigenvalue weighted by molar-refractivity contribution is 6.00. The van der Waals surface area contributed by atoms with Crippen molar-refractivity contribution in [2.24, 2.45) is 10.4 Å². The molecule has 1 heterocycles. The molecule has 0 bridgehead atoms. The zero-order valence-corrected chi connectivity index (χ0v) is 13.7. The molecule has 0 N–H and O–H groups in total. The van der Waals surface area contributed by atoms with Crippen LogP contribution in [-0.2, 0) is 9.53 Å². The molecule has 0 fully saturated rings. The Bertz CT molecular complexity index is 714. The van der Waals surface area contributed by atoms with Gasteiger partial charge in [-0.2, -0.15) is 0 Å². The van der Waals surface area contributed by atoms with Gasteiger partial charge in [-0.25, -0.2) is 4.99 Å². The highest BCUT2D eigenvalue weighted by Gasteiger charge is 2.42. The number of nitrogens with zero attached hydrogens (tertiary/aromatic N) is 1. The van der Waals surface area contributed by atoms with E-state index in [2.05, 4.69) is 0 Å². The summed E-state index contributed by atoms with van der Waals surface area (Å²) >= 11 is 0. The number of hydrogen-bond acceptors (Lipinski definition) is 3. The van der Waals surface area contributed by atoms with Crippen LogP contribution in [0.15, 0.2) is 65.7 Å². The van der Waals surface area contributed by atoms with Crippen molar-refractivity contribution in [3.8, 4) is 0 Å². The molecule has 3 rings (SSSR count). The maximum atomic E-state index is 12.8. The first-order valence-electron chi connectivity index (χ1n) is 7.86. The Morgan fingerprint density at radius 1 is 0.957 bits per heavy atom. The molecule has 2 aromatic carbocycles. The minimum Gasteiger partial charge on any atom is -0.463 e. The Labute approximate surface area is 137 Å². The number of benzene rings is 2. The molecule has 3 nitrogen and oxygen atoms in total. The largest absolute Gasteiger partial charge is 0.463 e. The summed E-state index contributed by atoms with van der Waals surface area (Å²) in [6.45, 7) is 5.75. The number of carbonyl (C=O) groups excluding carboxylic acids is 1. The Balaban J connectivity index is 1.99. The van der Waals surface area contributed by atoms with E-state index in [-0.39, 0.29) is 11.8 Å². The van der Waals surface area contributed by atoms with Crippen LogP contribution in [0.25, 0.3) is 0 Å². The van der Waals surface area contributed by atoms with Gasteiger partial charge in [-0.3, -0.25) is 4.79 Å². The third kappa shape index (κ3) is 3.19. The second-order valence-electron chi connectivity index (χ2n) is 6.81. The van der Waals surface area contributed by atoms with Crippen LogP contribution in [0, 0.1) is 5.41 Å². The van der Waals surface area contributed by atoms with E-state index in [1.165, 1.54) is 0 Å². The molecular weight excluding hydrogens is 286 g/mol. The topological polar surface area (TPSA) is 38.7 Å². The molecule has 2 aromatic rings. The Kier molecular flexibility index (Phi) is 4.03. The monoisotopic (exact) mass is 307 g/mol. The summed E-state index contributed by atoms with van der Waals surface area (Å²) in [5, 5.41) is 0. The summed E-state index contributed by atoms with van der Waals surface area (Å²) < 4.78 is 6.00. The van der Waals surface area contributed by atoms with Crippen molar-refractivity contribution < 1.29 is 9.53 Å². The maximum Gasteiger partial charge on any atom is 0.217 e. The number of ketones is 1. The van der Waals surface area contributed by atoms with Gasteiger partial charge in [0.05, 0.1) is 0 Å². The van der Waals surface area contributed by atoms with Crippen LogP contribution in [0.4, 0.5) is 0 Å². The fourth-order valence-electron chi connectivity index (χ4n) is 2.66. The van der Waals surface area contributed by atoms with Crippen LogP contribution in [0.5, 0.6) is 0 Å². The highest BCUT2D eigenvalue weighted by Crippen LogP contribution is 2.35. The lowest BCUT2D eigenvalue weighted by molar-refractivity contribution is -0.134. The fraction of sp³-hybridized carbons (Fsp3) is 0.300. The van der Waals surface area contributed by atoms with Gasteiger partial charge in [0.25, 0.3) is 0 Å². The number of Topliss-reactive ketones (excluding diaryl/α,β-unsaturated/α-hetero) is 1. The Hall–Kier alpha value is -2.42. The predicted molar refractivity (Wildman–Crippen MR) is 91.5 cm³/mol. The average molecular weight is 307 g/mol. The quantitative estimate of drug-likeness (QED) is 0.853. The molecule has 23 heavy (non-hydrogen) atoms. The van der Waals surface area contributed by atoms with E-state index in [9.17, 15) is 4.79 Å². The van der Waals surface area contributed by atoms with Crippen LogP contribution in [0.2, 0.25) is 0 Å². The van der Waals surface area contributed by atoms with E-state index in [1.807, 2.05) is 81.4 Å². The van der Waals surface area contributed by atoms with Crippen LogP contribution >= 0.6 is 0 Å². The molecule has 0 amide bonds. The highest BCUT2D eigenvalue weighted by atomic mass is 16.5. The number of carbonyl (C=O) groups is 1. The first kappa shape index (κ1) is 15.5. The molecule has 1 aliphatic heterocycles. The number of aliphatic imine (C=N–C) groups is 1. The van der Waals surface area contributed by atoms with Gasteiger partial charge in [-0.05, 0) is 17.7 Å². The van der Waals surface area contributed by atoms with E-state index < -0.39 is 11.5 Å². The van der Waals surface area contributed by atoms with Crippen molar-refractivity contribution in [1.82, 2.24) is 0 Å².